The number of aliphatic hydroxyl groups is 1. The molecule has 0 aliphatic heterocycles. The van der Waals surface area contributed by atoms with Crippen molar-refractivity contribution in [3.8, 4) is 0 Å². The second kappa shape index (κ2) is 8.16. The molecule has 0 radical (unpaired) electrons. The van der Waals surface area contributed by atoms with Crippen molar-refractivity contribution in [1.29, 1.82) is 0 Å². The maximum Gasteiger partial charge on any atom is 0.191 e. The van der Waals surface area contributed by atoms with Crippen LogP contribution in [0.4, 0.5) is 11.6 Å². The minimum Gasteiger partial charge on any atom is -0.396 e. The normalized spacial score (nSPS) is 12.2. The summed E-state index contributed by atoms with van der Waals surface area (Å²) < 4.78 is 0. The van der Waals surface area contributed by atoms with Gasteiger partial charge in [0.25, 0.3) is 0 Å². The quantitative estimate of drug-likeness (QED) is 0.497. The minimum absolute atomic E-state index is 0.187. The van der Waals surface area contributed by atoms with Gasteiger partial charge in [0.2, 0.25) is 0 Å². The van der Waals surface area contributed by atoms with Gasteiger partial charge in [-0.2, -0.15) is 0 Å². The largest absolute Gasteiger partial charge is 0.396 e. The fourth-order valence-corrected chi connectivity index (χ4v) is 1.98. The predicted molar refractivity (Wildman–Crippen MR) is 77.4 cm³/mol. The number of thioether (sulfide) groups is 1. The molecule has 0 aliphatic rings. The molecule has 0 fully saturated rings. The van der Waals surface area contributed by atoms with E-state index in [9.17, 15) is 0 Å². The number of anilines is 2. The molecule has 0 saturated carbocycles. The molecule has 1 aromatic heterocycles. The Hall–Kier alpha value is -1.01. The van der Waals surface area contributed by atoms with Crippen LogP contribution in [0.5, 0.6) is 0 Å². The third-order valence-corrected chi connectivity index (χ3v) is 3.12. The second-order valence-corrected chi connectivity index (χ2v) is 4.69. The number of aromatic nitrogens is 2. The Morgan fingerprint density at radius 3 is 2.61 bits per heavy atom. The standard InChI is InChI=1S/C12H22N4OS/c1-4-9(6-7-17)14-11-8-10(13-5-2)15-12(16-11)18-3/h8-9,17H,4-7H2,1-3H3,(H2,13,14,15,16). The third-order valence-electron chi connectivity index (χ3n) is 2.57. The van der Waals surface area contributed by atoms with E-state index in [-0.39, 0.29) is 12.6 Å². The molecule has 0 aliphatic carbocycles. The molecule has 6 heteroatoms. The number of hydrogen-bond acceptors (Lipinski definition) is 6. The van der Waals surface area contributed by atoms with E-state index in [0.29, 0.717) is 0 Å². The van der Waals surface area contributed by atoms with Crippen molar-refractivity contribution >= 4 is 23.4 Å². The highest BCUT2D eigenvalue weighted by atomic mass is 32.2. The van der Waals surface area contributed by atoms with E-state index in [1.807, 2.05) is 19.2 Å². The monoisotopic (exact) mass is 270 g/mol. The molecule has 1 unspecified atom stereocenters. The van der Waals surface area contributed by atoms with Gasteiger partial charge < -0.3 is 15.7 Å². The Morgan fingerprint density at radius 1 is 1.33 bits per heavy atom. The Morgan fingerprint density at radius 2 is 2.06 bits per heavy atom. The van der Waals surface area contributed by atoms with E-state index in [2.05, 4.69) is 27.5 Å². The van der Waals surface area contributed by atoms with Gasteiger partial charge in [-0.25, -0.2) is 9.97 Å². The van der Waals surface area contributed by atoms with Crippen LogP contribution in [0.3, 0.4) is 0 Å². The summed E-state index contributed by atoms with van der Waals surface area (Å²) in [5.74, 6) is 1.64. The maximum atomic E-state index is 9.00. The molecular formula is C12H22N4OS. The minimum atomic E-state index is 0.187. The average Bonchev–Trinajstić information content (AvgIpc) is 2.38. The highest BCUT2D eigenvalue weighted by Gasteiger charge is 2.09. The van der Waals surface area contributed by atoms with Gasteiger partial charge in [-0.3, -0.25) is 0 Å². The Labute approximate surface area is 113 Å². The molecular weight excluding hydrogens is 248 g/mol. The first-order chi connectivity index (χ1) is 8.73. The predicted octanol–water partition coefficient (Wildman–Crippen LogP) is 2.20. The maximum absolute atomic E-state index is 9.00. The van der Waals surface area contributed by atoms with E-state index in [1.54, 1.807) is 0 Å². The summed E-state index contributed by atoms with van der Waals surface area (Å²) in [4.78, 5) is 8.80. The van der Waals surface area contributed by atoms with E-state index < -0.39 is 0 Å². The van der Waals surface area contributed by atoms with Gasteiger partial charge in [0.15, 0.2) is 5.16 Å². The van der Waals surface area contributed by atoms with E-state index in [1.165, 1.54) is 11.8 Å². The van der Waals surface area contributed by atoms with Gasteiger partial charge in [0.1, 0.15) is 11.6 Å². The van der Waals surface area contributed by atoms with Crippen molar-refractivity contribution in [3.05, 3.63) is 6.07 Å². The highest BCUT2D eigenvalue weighted by Crippen LogP contribution is 2.18. The molecule has 0 saturated heterocycles. The van der Waals surface area contributed by atoms with Crippen molar-refractivity contribution in [1.82, 2.24) is 9.97 Å². The summed E-state index contributed by atoms with van der Waals surface area (Å²) in [5.41, 5.74) is 0. The van der Waals surface area contributed by atoms with Crippen LogP contribution < -0.4 is 10.6 Å². The van der Waals surface area contributed by atoms with Crippen LogP contribution in [0.2, 0.25) is 0 Å². The van der Waals surface area contributed by atoms with Crippen molar-refractivity contribution in [3.63, 3.8) is 0 Å². The summed E-state index contributed by atoms with van der Waals surface area (Å²) in [6.07, 6.45) is 3.64. The molecule has 0 amide bonds. The molecule has 0 aromatic carbocycles. The van der Waals surface area contributed by atoms with Gasteiger partial charge in [0.05, 0.1) is 0 Å². The summed E-state index contributed by atoms with van der Waals surface area (Å²) in [6.45, 7) is 5.15. The first-order valence-corrected chi connectivity index (χ1v) is 7.50. The number of rotatable bonds is 8. The smallest absolute Gasteiger partial charge is 0.191 e. The average molecular weight is 270 g/mol. The number of aliphatic hydroxyl groups excluding tert-OH is 1. The molecule has 0 spiro atoms. The van der Waals surface area contributed by atoms with Crippen molar-refractivity contribution in [2.45, 2.75) is 37.9 Å². The molecule has 5 nitrogen and oxygen atoms in total. The van der Waals surface area contributed by atoms with Crippen LogP contribution in [0.15, 0.2) is 11.2 Å². The summed E-state index contributed by atoms with van der Waals surface area (Å²) >= 11 is 1.52. The number of nitrogens with one attached hydrogen (secondary N) is 2. The molecule has 1 rings (SSSR count). The van der Waals surface area contributed by atoms with Crippen molar-refractivity contribution in [2.24, 2.45) is 0 Å². The molecule has 1 aromatic rings. The van der Waals surface area contributed by atoms with E-state index >= 15 is 0 Å². The van der Waals surface area contributed by atoms with Crippen LogP contribution in [0, 0.1) is 0 Å². The van der Waals surface area contributed by atoms with Crippen LogP contribution in [-0.2, 0) is 0 Å². The van der Waals surface area contributed by atoms with Gasteiger partial charge in [-0.05, 0) is 26.0 Å². The third kappa shape index (κ3) is 4.70. The molecule has 1 heterocycles. The molecule has 18 heavy (non-hydrogen) atoms. The number of hydrogen-bond donors (Lipinski definition) is 3. The van der Waals surface area contributed by atoms with E-state index in [4.69, 9.17) is 5.11 Å². The first kappa shape index (κ1) is 15.0. The summed E-state index contributed by atoms with van der Waals surface area (Å²) in [7, 11) is 0. The molecule has 0 bridgehead atoms. The van der Waals surface area contributed by atoms with Gasteiger partial charge in [0, 0.05) is 25.3 Å². The molecule has 102 valence electrons. The van der Waals surface area contributed by atoms with Gasteiger partial charge >= 0.3 is 0 Å². The lowest BCUT2D eigenvalue weighted by atomic mass is 10.1. The Kier molecular flexibility index (Phi) is 6.82. The van der Waals surface area contributed by atoms with Crippen molar-refractivity contribution < 1.29 is 5.11 Å². The van der Waals surface area contributed by atoms with E-state index in [0.717, 1.165) is 36.2 Å². The van der Waals surface area contributed by atoms with Crippen LogP contribution in [0.25, 0.3) is 0 Å². The Bertz CT molecular complexity index is 362. The zero-order chi connectivity index (χ0) is 13.4. The zero-order valence-electron chi connectivity index (χ0n) is 11.2. The van der Waals surface area contributed by atoms with Crippen molar-refractivity contribution in [2.75, 3.05) is 30.0 Å². The second-order valence-electron chi connectivity index (χ2n) is 3.92. The Balaban J connectivity index is 2.82. The number of nitrogens with zero attached hydrogens (tertiary/aromatic N) is 2. The fraction of sp³-hybridized carbons (Fsp3) is 0.667. The summed E-state index contributed by atoms with van der Waals surface area (Å²) in [6, 6.07) is 2.15. The SMILES string of the molecule is CCNc1cc(NC(CC)CCO)nc(SC)n1. The van der Waals surface area contributed by atoms with Crippen LogP contribution in [0.1, 0.15) is 26.7 Å². The van der Waals surface area contributed by atoms with Gasteiger partial charge in [-0.15, -0.1) is 0 Å². The zero-order valence-corrected chi connectivity index (χ0v) is 12.0. The lowest BCUT2D eigenvalue weighted by molar-refractivity contribution is 0.278. The summed E-state index contributed by atoms with van der Waals surface area (Å²) in [5, 5.41) is 16.3. The van der Waals surface area contributed by atoms with Crippen LogP contribution >= 0.6 is 11.8 Å². The highest BCUT2D eigenvalue weighted by molar-refractivity contribution is 7.98. The molecule has 1 atom stereocenters. The van der Waals surface area contributed by atoms with Gasteiger partial charge in [-0.1, -0.05) is 18.7 Å². The molecule has 3 N–H and O–H groups in total. The topological polar surface area (TPSA) is 70.1 Å². The lowest BCUT2D eigenvalue weighted by Crippen LogP contribution is -2.21. The lowest BCUT2D eigenvalue weighted by Gasteiger charge is -2.17. The fourth-order valence-electron chi connectivity index (χ4n) is 1.61. The first-order valence-electron chi connectivity index (χ1n) is 6.27. The van der Waals surface area contributed by atoms with Crippen LogP contribution in [-0.4, -0.2) is 40.5 Å².